The second-order valence-corrected chi connectivity index (χ2v) is 5.82. The van der Waals surface area contributed by atoms with E-state index in [4.69, 9.17) is 0 Å². The summed E-state index contributed by atoms with van der Waals surface area (Å²) in [5.41, 5.74) is 0.824. The van der Waals surface area contributed by atoms with Crippen LogP contribution in [0.15, 0.2) is 18.2 Å². The zero-order valence-electron chi connectivity index (χ0n) is 9.65. The van der Waals surface area contributed by atoms with Gasteiger partial charge in [-0.05, 0) is 53.5 Å². The van der Waals surface area contributed by atoms with Crippen LogP contribution in [-0.2, 0) is 0 Å². The molecule has 0 aromatic heterocycles. The molecule has 5 heteroatoms. The summed E-state index contributed by atoms with van der Waals surface area (Å²) in [6.07, 6.45) is 3.51. The van der Waals surface area contributed by atoms with Crippen molar-refractivity contribution in [2.45, 2.75) is 32.2 Å². The molecule has 2 atom stereocenters. The topological polar surface area (TPSA) is 55.2 Å². The van der Waals surface area contributed by atoms with Crippen LogP contribution < -0.4 is 5.32 Å². The minimum atomic E-state index is -0.315. The number of nitro groups is 1. The first-order valence-corrected chi connectivity index (χ1v) is 6.86. The van der Waals surface area contributed by atoms with E-state index in [1.165, 1.54) is 12.8 Å². The first kappa shape index (κ1) is 12.6. The zero-order chi connectivity index (χ0) is 12.4. The molecule has 4 nitrogen and oxygen atoms in total. The molecule has 0 spiro atoms. The lowest BCUT2D eigenvalue weighted by Crippen LogP contribution is -2.22. The maximum atomic E-state index is 11.0. The number of halogens is 1. The van der Waals surface area contributed by atoms with Gasteiger partial charge in [-0.1, -0.05) is 13.3 Å². The van der Waals surface area contributed by atoms with Crippen LogP contribution >= 0.6 is 22.6 Å². The summed E-state index contributed by atoms with van der Waals surface area (Å²) >= 11 is 2.09. The number of anilines is 1. The summed E-state index contributed by atoms with van der Waals surface area (Å²) < 4.78 is 0.888. The van der Waals surface area contributed by atoms with Crippen molar-refractivity contribution >= 4 is 34.0 Å². The van der Waals surface area contributed by atoms with E-state index in [0.717, 1.165) is 9.99 Å². The number of benzene rings is 1. The predicted octanol–water partition coefficient (Wildman–Crippen LogP) is 3.80. The van der Waals surface area contributed by atoms with Crippen molar-refractivity contribution in [1.82, 2.24) is 0 Å². The van der Waals surface area contributed by atoms with E-state index in [2.05, 4.69) is 34.8 Å². The Hall–Kier alpha value is -0.850. The van der Waals surface area contributed by atoms with E-state index in [1.54, 1.807) is 6.07 Å². The van der Waals surface area contributed by atoms with Gasteiger partial charge in [-0.3, -0.25) is 10.1 Å². The molecule has 1 aromatic carbocycles. The number of nitrogens with zero attached hydrogens (tertiary/aromatic N) is 1. The molecule has 92 valence electrons. The fourth-order valence-corrected chi connectivity index (χ4v) is 2.81. The normalized spacial score (nSPS) is 23.6. The highest BCUT2D eigenvalue weighted by Crippen LogP contribution is 2.32. The molecule has 1 aliphatic carbocycles. The van der Waals surface area contributed by atoms with Crippen LogP contribution in [-0.4, -0.2) is 11.0 Å². The Morgan fingerprint density at radius 3 is 2.82 bits per heavy atom. The summed E-state index contributed by atoms with van der Waals surface area (Å²) in [7, 11) is 0. The number of nitro benzene ring substituents is 1. The molecule has 1 aliphatic rings. The van der Waals surface area contributed by atoms with Gasteiger partial charge in [-0.2, -0.15) is 0 Å². The van der Waals surface area contributed by atoms with Crippen molar-refractivity contribution in [2.75, 3.05) is 5.32 Å². The first-order chi connectivity index (χ1) is 8.08. The van der Waals surface area contributed by atoms with Crippen molar-refractivity contribution in [1.29, 1.82) is 0 Å². The maximum absolute atomic E-state index is 11.0. The van der Waals surface area contributed by atoms with Gasteiger partial charge in [0.05, 0.1) is 4.92 Å². The Kier molecular flexibility index (Phi) is 3.86. The summed E-state index contributed by atoms with van der Waals surface area (Å²) in [5, 5.41) is 14.3. The Morgan fingerprint density at radius 2 is 2.24 bits per heavy atom. The van der Waals surface area contributed by atoms with Crippen LogP contribution in [0.5, 0.6) is 0 Å². The molecule has 0 bridgehead atoms. The quantitative estimate of drug-likeness (QED) is 0.515. The van der Waals surface area contributed by atoms with E-state index in [1.807, 2.05) is 12.1 Å². The largest absolute Gasteiger partial charge is 0.376 e. The second-order valence-electron chi connectivity index (χ2n) is 4.58. The van der Waals surface area contributed by atoms with Gasteiger partial charge in [0.25, 0.3) is 5.69 Å². The minimum Gasteiger partial charge on any atom is -0.376 e. The third-order valence-electron chi connectivity index (χ3n) is 3.36. The van der Waals surface area contributed by atoms with E-state index in [0.29, 0.717) is 17.6 Å². The van der Waals surface area contributed by atoms with Crippen LogP contribution in [0.3, 0.4) is 0 Å². The Labute approximate surface area is 114 Å². The van der Waals surface area contributed by atoms with Gasteiger partial charge in [0.2, 0.25) is 0 Å². The minimum absolute atomic E-state index is 0.177. The molecule has 1 aromatic rings. The molecule has 2 rings (SSSR count). The lowest BCUT2D eigenvalue weighted by Gasteiger charge is -2.18. The van der Waals surface area contributed by atoms with Crippen LogP contribution in [0.1, 0.15) is 26.2 Å². The summed E-state index contributed by atoms with van der Waals surface area (Å²) in [6.45, 7) is 2.20. The Balaban J connectivity index is 2.22. The van der Waals surface area contributed by atoms with E-state index in [9.17, 15) is 10.1 Å². The van der Waals surface area contributed by atoms with E-state index < -0.39 is 0 Å². The molecule has 0 heterocycles. The van der Waals surface area contributed by atoms with Gasteiger partial charge in [0.15, 0.2) is 0 Å². The lowest BCUT2D eigenvalue weighted by molar-refractivity contribution is -0.384. The Bertz CT molecular complexity index is 437. The smallest absolute Gasteiger partial charge is 0.293 e. The SMILES string of the molecule is CC1CCCC1Nc1ccc(I)cc1[N+](=O)[O-]. The van der Waals surface area contributed by atoms with Gasteiger partial charge < -0.3 is 5.32 Å². The number of hydrogen-bond acceptors (Lipinski definition) is 3. The van der Waals surface area contributed by atoms with Crippen molar-refractivity contribution < 1.29 is 4.92 Å². The molecular formula is C12H15IN2O2. The Morgan fingerprint density at radius 1 is 1.47 bits per heavy atom. The van der Waals surface area contributed by atoms with Gasteiger partial charge in [-0.15, -0.1) is 0 Å². The molecule has 1 saturated carbocycles. The first-order valence-electron chi connectivity index (χ1n) is 5.78. The molecule has 0 saturated heterocycles. The molecule has 0 aliphatic heterocycles. The molecule has 1 N–H and O–H groups in total. The predicted molar refractivity (Wildman–Crippen MR) is 76.2 cm³/mol. The van der Waals surface area contributed by atoms with Crippen LogP contribution in [0.2, 0.25) is 0 Å². The standard InChI is InChI=1S/C12H15IN2O2/c1-8-3-2-4-10(8)14-11-6-5-9(13)7-12(11)15(16)17/h5-8,10,14H,2-4H2,1H3. The van der Waals surface area contributed by atoms with E-state index >= 15 is 0 Å². The number of nitrogens with one attached hydrogen (secondary N) is 1. The van der Waals surface area contributed by atoms with Crippen LogP contribution in [0, 0.1) is 19.6 Å². The van der Waals surface area contributed by atoms with Gasteiger partial charge in [0, 0.05) is 15.7 Å². The third kappa shape index (κ3) is 2.88. The van der Waals surface area contributed by atoms with Crippen LogP contribution in [0.4, 0.5) is 11.4 Å². The van der Waals surface area contributed by atoms with Gasteiger partial charge >= 0.3 is 0 Å². The fraction of sp³-hybridized carbons (Fsp3) is 0.500. The lowest BCUT2D eigenvalue weighted by atomic mass is 10.1. The average molecular weight is 346 g/mol. The summed E-state index contributed by atoms with van der Waals surface area (Å²) in [5.74, 6) is 0.592. The highest BCUT2D eigenvalue weighted by atomic mass is 127. The summed E-state index contributed by atoms with van der Waals surface area (Å²) in [4.78, 5) is 10.7. The second kappa shape index (κ2) is 5.20. The third-order valence-corrected chi connectivity index (χ3v) is 4.03. The molecule has 2 unspecified atom stereocenters. The molecule has 17 heavy (non-hydrogen) atoms. The number of hydrogen-bond donors (Lipinski definition) is 1. The van der Waals surface area contributed by atoms with Gasteiger partial charge in [-0.25, -0.2) is 0 Å². The average Bonchev–Trinajstić information content (AvgIpc) is 2.67. The zero-order valence-corrected chi connectivity index (χ0v) is 11.8. The monoisotopic (exact) mass is 346 g/mol. The van der Waals surface area contributed by atoms with Crippen LogP contribution in [0.25, 0.3) is 0 Å². The van der Waals surface area contributed by atoms with Crippen molar-refractivity contribution in [3.63, 3.8) is 0 Å². The van der Waals surface area contributed by atoms with E-state index in [-0.39, 0.29) is 10.6 Å². The molecule has 0 amide bonds. The fourth-order valence-electron chi connectivity index (χ4n) is 2.34. The molecular weight excluding hydrogens is 331 g/mol. The van der Waals surface area contributed by atoms with Crippen molar-refractivity contribution in [2.24, 2.45) is 5.92 Å². The molecule has 1 fully saturated rings. The number of rotatable bonds is 3. The van der Waals surface area contributed by atoms with Gasteiger partial charge in [0.1, 0.15) is 5.69 Å². The molecule has 0 radical (unpaired) electrons. The maximum Gasteiger partial charge on any atom is 0.293 e. The van der Waals surface area contributed by atoms with Crippen molar-refractivity contribution in [3.05, 3.63) is 31.9 Å². The highest BCUT2D eigenvalue weighted by Gasteiger charge is 2.25. The summed E-state index contributed by atoms with van der Waals surface area (Å²) in [6, 6.07) is 5.69. The van der Waals surface area contributed by atoms with Crippen molar-refractivity contribution in [3.8, 4) is 0 Å². The highest BCUT2D eigenvalue weighted by molar-refractivity contribution is 14.1.